The van der Waals surface area contributed by atoms with Gasteiger partial charge in [0.05, 0.1) is 17.4 Å². The molecule has 1 aromatic rings. The van der Waals surface area contributed by atoms with Gasteiger partial charge in [-0.25, -0.2) is 0 Å². The smallest absolute Gasteiger partial charge is 0.166 e. The minimum atomic E-state index is -1.71. The molecule has 6 atom stereocenters. The van der Waals surface area contributed by atoms with Gasteiger partial charge in [-0.3, -0.25) is 4.21 Å². The summed E-state index contributed by atoms with van der Waals surface area (Å²) in [6, 6.07) is 8.36. The molecule has 7 heteroatoms. The predicted molar refractivity (Wildman–Crippen MR) is 66.6 cm³/mol. The summed E-state index contributed by atoms with van der Waals surface area (Å²) in [6.07, 6.45) is -5.48. The topological polar surface area (TPSA) is 107 Å². The molecular formula is C12H16O6S. The van der Waals surface area contributed by atoms with Crippen LogP contribution in [0.4, 0.5) is 0 Å². The fourth-order valence-corrected chi connectivity index (χ4v) is 3.28. The molecule has 1 aliphatic rings. The van der Waals surface area contributed by atoms with E-state index in [1.807, 2.05) is 0 Å². The van der Waals surface area contributed by atoms with Crippen molar-refractivity contribution in [2.45, 2.75) is 34.7 Å². The van der Waals surface area contributed by atoms with E-state index in [9.17, 15) is 19.5 Å². The Labute approximate surface area is 112 Å². The molecule has 1 aromatic carbocycles. The van der Waals surface area contributed by atoms with Crippen LogP contribution in [0.1, 0.15) is 0 Å². The van der Waals surface area contributed by atoms with Gasteiger partial charge in [0, 0.05) is 4.90 Å². The Balaban J connectivity index is 2.21. The van der Waals surface area contributed by atoms with Crippen molar-refractivity contribution in [3.8, 4) is 0 Å². The predicted octanol–water partition coefficient (Wildman–Crippen LogP) is -1.41. The standard InChI is InChI=1S/C12H16O6S/c13-6-8-9(14)10(15)11(16)12(18-8)19(17)7-4-2-1-3-5-7/h1-5,8-16H,6H2/t8?,9?,10?,11?,12?,19-/m1/s1. The lowest BCUT2D eigenvalue weighted by atomic mass is 10.0. The first-order valence-electron chi connectivity index (χ1n) is 5.82. The Morgan fingerprint density at radius 3 is 2.26 bits per heavy atom. The molecule has 0 bridgehead atoms. The summed E-state index contributed by atoms with van der Waals surface area (Å²) in [5, 5.41) is 38.2. The molecule has 19 heavy (non-hydrogen) atoms. The molecule has 1 heterocycles. The Bertz CT molecular complexity index is 437. The van der Waals surface area contributed by atoms with Crippen LogP contribution >= 0.6 is 0 Å². The van der Waals surface area contributed by atoms with E-state index >= 15 is 0 Å². The Hall–Kier alpha value is -0.830. The van der Waals surface area contributed by atoms with Gasteiger partial charge in [-0.05, 0) is 12.1 Å². The van der Waals surface area contributed by atoms with Crippen molar-refractivity contribution in [2.75, 3.05) is 6.61 Å². The van der Waals surface area contributed by atoms with E-state index in [0.29, 0.717) is 4.90 Å². The first-order chi connectivity index (χ1) is 9.06. The number of rotatable bonds is 3. The lowest BCUT2D eigenvalue weighted by Gasteiger charge is -2.39. The third-order valence-corrected chi connectivity index (χ3v) is 4.58. The van der Waals surface area contributed by atoms with Crippen LogP contribution in [0.3, 0.4) is 0 Å². The van der Waals surface area contributed by atoms with Crippen LogP contribution in [0.5, 0.6) is 0 Å². The van der Waals surface area contributed by atoms with Gasteiger partial charge >= 0.3 is 0 Å². The van der Waals surface area contributed by atoms with Gasteiger partial charge in [0.1, 0.15) is 24.4 Å². The summed E-state index contributed by atoms with van der Waals surface area (Å²) >= 11 is 0. The highest BCUT2D eigenvalue weighted by atomic mass is 32.2. The molecule has 0 aliphatic carbocycles. The van der Waals surface area contributed by atoms with Crippen molar-refractivity contribution in [3.63, 3.8) is 0 Å². The molecule has 0 aromatic heterocycles. The number of hydrogen-bond donors (Lipinski definition) is 4. The number of aliphatic hydroxyl groups excluding tert-OH is 4. The Morgan fingerprint density at radius 1 is 1.05 bits per heavy atom. The molecule has 4 N–H and O–H groups in total. The largest absolute Gasteiger partial charge is 0.394 e. The molecule has 1 fully saturated rings. The van der Waals surface area contributed by atoms with Crippen molar-refractivity contribution in [1.29, 1.82) is 0 Å². The van der Waals surface area contributed by atoms with Crippen molar-refractivity contribution >= 4 is 10.8 Å². The maximum absolute atomic E-state index is 12.3. The first kappa shape index (κ1) is 14.6. The molecule has 0 spiro atoms. The summed E-state index contributed by atoms with van der Waals surface area (Å²) in [5.74, 6) is 0. The summed E-state index contributed by atoms with van der Waals surface area (Å²) in [5.41, 5.74) is -1.20. The van der Waals surface area contributed by atoms with Crippen LogP contribution in [0.2, 0.25) is 0 Å². The second-order valence-electron chi connectivity index (χ2n) is 4.31. The number of ether oxygens (including phenoxy) is 1. The number of hydrogen-bond acceptors (Lipinski definition) is 6. The van der Waals surface area contributed by atoms with Crippen LogP contribution in [-0.4, -0.2) is 61.1 Å². The lowest BCUT2D eigenvalue weighted by molar-refractivity contribution is -0.206. The molecule has 5 unspecified atom stereocenters. The molecule has 106 valence electrons. The summed E-state index contributed by atoms with van der Waals surface area (Å²) in [6.45, 7) is -0.534. The monoisotopic (exact) mass is 288 g/mol. The van der Waals surface area contributed by atoms with Crippen molar-refractivity contribution in [1.82, 2.24) is 0 Å². The van der Waals surface area contributed by atoms with Gasteiger partial charge in [0.15, 0.2) is 5.44 Å². The summed E-state index contributed by atoms with van der Waals surface area (Å²) in [4.78, 5) is 0.437. The van der Waals surface area contributed by atoms with Gasteiger partial charge in [-0.2, -0.15) is 0 Å². The Kier molecular flexibility index (Phi) is 4.67. The fraction of sp³-hybridized carbons (Fsp3) is 0.500. The van der Waals surface area contributed by atoms with Crippen LogP contribution in [0.15, 0.2) is 35.2 Å². The number of aliphatic hydroxyl groups is 4. The molecule has 1 saturated heterocycles. The SMILES string of the molecule is O=[S@](c1ccccc1)C1OC(CO)C(O)C(O)C1O. The van der Waals surface area contributed by atoms with Crippen LogP contribution in [0, 0.1) is 0 Å². The average molecular weight is 288 g/mol. The average Bonchev–Trinajstić information content (AvgIpc) is 2.45. The van der Waals surface area contributed by atoms with E-state index in [1.165, 1.54) is 0 Å². The van der Waals surface area contributed by atoms with E-state index in [4.69, 9.17) is 9.84 Å². The third kappa shape index (κ3) is 2.86. The van der Waals surface area contributed by atoms with E-state index in [0.717, 1.165) is 0 Å². The minimum absolute atomic E-state index is 0.437. The highest BCUT2D eigenvalue weighted by Crippen LogP contribution is 2.26. The van der Waals surface area contributed by atoms with E-state index in [2.05, 4.69) is 0 Å². The Morgan fingerprint density at radius 2 is 1.68 bits per heavy atom. The molecule has 0 amide bonds. The lowest BCUT2D eigenvalue weighted by Crippen LogP contribution is -2.59. The molecular weight excluding hydrogens is 272 g/mol. The highest BCUT2D eigenvalue weighted by Gasteiger charge is 2.46. The molecule has 0 radical (unpaired) electrons. The summed E-state index contributed by atoms with van der Waals surface area (Å²) < 4.78 is 17.5. The zero-order valence-corrected chi connectivity index (χ0v) is 10.8. The number of benzene rings is 1. The van der Waals surface area contributed by atoms with Crippen LogP contribution < -0.4 is 0 Å². The fourth-order valence-electron chi connectivity index (χ4n) is 1.93. The zero-order chi connectivity index (χ0) is 14.0. The first-order valence-corrected chi connectivity index (χ1v) is 7.03. The normalized spacial score (nSPS) is 36.9. The second kappa shape index (κ2) is 6.08. The van der Waals surface area contributed by atoms with Crippen molar-refractivity contribution in [3.05, 3.63) is 30.3 Å². The molecule has 2 rings (SSSR count). The van der Waals surface area contributed by atoms with Gasteiger partial charge < -0.3 is 25.2 Å². The van der Waals surface area contributed by atoms with Gasteiger partial charge in [-0.15, -0.1) is 0 Å². The third-order valence-electron chi connectivity index (χ3n) is 3.03. The van der Waals surface area contributed by atoms with Gasteiger partial charge in [-0.1, -0.05) is 18.2 Å². The molecule has 6 nitrogen and oxygen atoms in total. The maximum Gasteiger partial charge on any atom is 0.166 e. The van der Waals surface area contributed by atoms with E-state index in [1.54, 1.807) is 30.3 Å². The quantitative estimate of drug-likeness (QED) is 0.544. The zero-order valence-electron chi connectivity index (χ0n) is 9.99. The van der Waals surface area contributed by atoms with Crippen LogP contribution in [-0.2, 0) is 15.5 Å². The van der Waals surface area contributed by atoms with Gasteiger partial charge in [0.25, 0.3) is 0 Å². The second-order valence-corrected chi connectivity index (χ2v) is 5.84. The highest BCUT2D eigenvalue weighted by molar-refractivity contribution is 7.85. The maximum atomic E-state index is 12.3. The van der Waals surface area contributed by atoms with E-state index in [-0.39, 0.29) is 0 Å². The van der Waals surface area contributed by atoms with E-state index < -0.39 is 47.3 Å². The van der Waals surface area contributed by atoms with Crippen molar-refractivity contribution < 1.29 is 29.4 Å². The minimum Gasteiger partial charge on any atom is -0.394 e. The van der Waals surface area contributed by atoms with Crippen LogP contribution in [0.25, 0.3) is 0 Å². The molecule has 1 aliphatic heterocycles. The molecule has 0 saturated carbocycles. The summed E-state index contributed by atoms with van der Waals surface area (Å²) in [7, 11) is -1.71. The van der Waals surface area contributed by atoms with Crippen molar-refractivity contribution in [2.24, 2.45) is 0 Å². The van der Waals surface area contributed by atoms with Gasteiger partial charge in [0.2, 0.25) is 0 Å².